The van der Waals surface area contributed by atoms with Gasteiger partial charge in [0.1, 0.15) is 17.9 Å². The molecule has 0 radical (unpaired) electrons. The first-order chi connectivity index (χ1) is 15.3. The first-order valence-electron chi connectivity index (χ1n) is 10.4. The van der Waals surface area contributed by atoms with Crippen molar-refractivity contribution < 1.29 is 19.0 Å². The van der Waals surface area contributed by atoms with Crippen LogP contribution in [0.3, 0.4) is 0 Å². The molecule has 9 nitrogen and oxygen atoms in total. The van der Waals surface area contributed by atoms with Crippen LogP contribution < -0.4 is 20.4 Å². The molecule has 0 bridgehead atoms. The number of carbonyl (C=O) groups is 1. The zero-order chi connectivity index (χ0) is 22.6. The number of nitrogens with one attached hydrogen (secondary N) is 1. The molecule has 0 saturated carbocycles. The van der Waals surface area contributed by atoms with Crippen molar-refractivity contribution in [2.24, 2.45) is 0 Å². The first-order valence-corrected chi connectivity index (χ1v) is 10.4. The highest BCUT2D eigenvalue weighted by molar-refractivity contribution is 5.97. The van der Waals surface area contributed by atoms with Crippen LogP contribution in [0.25, 0.3) is 10.9 Å². The van der Waals surface area contributed by atoms with Gasteiger partial charge in [-0.1, -0.05) is 0 Å². The fraction of sp³-hybridized carbons (Fsp3) is 0.364. The van der Waals surface area contributed by atoms with Crippen LogP contribution in [-0.2, 0) is 0 Å². The van der Waals surface area contributed by atoms with E-state index in [2.05, 4.69) is 15.3 Å². The molecule has 2 N–H and O–H groups in total. The van der Waals surface area contributed by atoms with Gasteiger partial charge < -0.3 is 24.6 Å². The summed E-state index contributed by atoms with van der Waals surface area (Å²) in [5.74, 6) is -1.15. The quantitative estimate of drug-likeness (QED) is 0.639. The van der Waals surface area contributed by atoms with Gasteiger partial charge in [0.2, 0.25) is 11.4 Å². The smallest absolute Gasteiger partial charge is 0.341 e. The summed E-state index contributed by atoms with van der Waals surface area (Å²) in [6, 6.07) is 0.942. The number of pyridine rings is 1. The first kappa shape index (κ1) is 20.2. The van der Waals surface area contributed by atoms with Crippen LogP contribution in [0.5, 0.6) is 5.75 Å². The summed E-state index contributed by atoms with van der Waals surface area (Å²) in [6.07, 6.45) is 5.54. The molecule has 0 amide bonds. The van der Waals surface area contributed by atoms with E-state index in [1.807, 2.05) is 18.7 Å². The maximum Gasteiger partial charge on any atom is 0.341 e. The zero-order valence-electron chi connectivity index (χ0n) is 17.6. The fourth-order valence-electron chi connectivity index (χ4n) is 4.39. The van der Waals surface area contributed by atoms with Crippen LogP contribution in [0.1, 0.15) is 35.3 Å². The highest BCUT2D eigenvalue weighted by Gasteiger charge is 2.33. The summed E-state index contributed by atoms with van der Waals surface area (Å²) in [4.78, 5) is 34.7. The number of hydrogen-bond donors (Lipinski definition) is 2. The number of aromatic nitrogens is 3. The van der Waals surface area contributed by atoms with Gasteiger partial charge in [-0.25, -0.2) is 19.2 Å². The summed E-state index contributed by atoms with van der Waals surface area (Å²) in [6.45, 7) is 5.10. The molecular weight excluding hydrogens is 417 g/mol. The zero-order valence-corrected chi connectivity index (χ0v) is 17.6. The van der Waals surface area contributed by atoms with E-state index in [0.29, 0.717) is 24.6 Å². The lowest BCUT2D eigenvalue weighted by Crippen LogP contribution is -2.30. The minimum Gasteiger partial charge on any atom is -0.487 e. The topological polar surface area (TPSA) is 110 Å². The van der Waals surface area contributed by atoms with Crippen LogP contribution in [0.4, 0.5) is 16.0 Å². The van der Waals surface area contributed by atoms with E-state index < -0.39 is 17.2 Å². The number of aromatic carboxylic acids is 1. The van der Waals surface area contributed by atoms with Crippen molar-refractivity contribution in [3.05, 3.63) is 51.8 Å². The van der Waals surface area contributed by atoms with Crippen molar-refractivity contribution in [1.82, 2.24) is 14.5 Å². The molecule has 4 heterocycles. The van der Waals surface area contributed by atoms with E-state index in [1.54, 1.807) is 17.0 Å². The molecule has 5 rings (SSSR count). The Kier molecular flexibility index (Phi) is 4.72. The Balaban J connectivity index is 1.55. The molecule has 166 valence electrons. The summed E-state index contributed by atoms with van der Waals surface area (Å²) >= 11 is 0. The van der Waals surface area contributed by atoms with E-state index in [1.165, 1.54) is 6.20 Å². The van der Waals surface area contributed by atoms with Gasteiger partial charge in [0.15, 0.2) is 11.6 Å². The van der Waals surface area contributed by atoms with Crippen molar-refractivity contribution in [3.8, 4) is 5.75 Å². The Morgan fingerprint density at radius 1 is 1.34 bits per heavy atom. The molecule has 32 heavy (non-hydrogen) atoms. The van der Waals surface area contributed by atoms with Crippen molar-refractivity contribution in [2.45, 2.75) is 32.4 Å². The van der Waals surface area contributed by atoms with Gasteiger partial charge in [-0.15, -0.1) is 0 Å². The van der Waals surface area contributed by atoms with Crippen LogP contribution in [0.2, 0.25) is 0 Å². The molecule has 2 aliphatic heterocycles. The Hall–Kier alpha value is -3.69. The molecule has 1 unspecified atom stereocenters. The van der Waals surface area contributed by atoms with Gasteiger partial charge in [-0.05, 0) is 31.9 Å². The van der Waals surface area contributed by atoms with Gasteiger partial charge in [0.05, 0.1) is 16.9 Å². The third-order valence-corrected chi connectivity index (χ3v) is 5.99. The molecule has 1 fully saturated rings. The van der Waals surface area contributed by atoms with Crippen molar-refractivity contribution in [3.63, 3.8) is 0 Å². The molecule has 3 aromatic rings. The molecule has 2 aliphatic rings. The number of carboxylic acids is 1. The van der Waals surface area contributed by atoms with Gasteiger partial charge in [-0.2, -0.15) is 0 Å². The monoisotopic (exact) mass is 439 g/mol. The van der Waals surface area contributed by atoms with Crippen LogP contribution in [0, 0.1) is 12.7 Å². The van der Waals surface area contributed by atoms with Crippen LogP contribution in [-0.4, -0.2) is 51.3 Å². The standard InChI is InChI=1S/C22H22FN5O4/c1-11-6-24-22(25-7-11)26-13-3-4-27(8-13)18-16(23)5-14-17-20(18)32-10-12(2)28(17)9-15(19(14)29)21(30)31/h5-7,9,12-13H,3-4,8,10H2,1-2H3,(H,30,31)(H,24,25,26)/t12-,13?/m0/s1. The number of ether oxygens (including phenoxy) is 1. The second kappa shape index (κ2) is 7.47. The Labute approximate surface area is 182 Å². The minimum atomic E-state index is -1.34. The maximum absolute atomic E-state index is 15.3. The third kappa shape index (κ3) is 3.22. The Morgan fingerprint density at radius 3 is 2.81 bits per heavy atom. The fourth-order valence-corrected chi connectivity index (χ4v) is 4.39. The molecule has 0 spiro atoms. The number of aryl methyl sites for hydroxylation is 1. The second-order valence-electron chi connectivity index (χ2n) is 8.34. The summed E-state index contributed by atoms with van der Waals surface area (Å²) < 4.78 is 22.9. The molecule has 2 aromatic heterocycles. The molecule has 0 aliphatic carbocycles. The van der Waals surface area contributed by atoms with Crippen LogP contribution >= 0.6 is 0 Å². The number of hydrogen-bond acceptors (Lipinski definition) is 7. The Bertz CT molecular complexity index is 1290. The number of benzene rings is 1. The number of rotatable bonds is 4. The normalized spacial score (nSPS) is 19.8. The van der Waals surface area contributed by atoms with E-state index in [9.17, 15) is 14.7 Å². The number of anilines is 2. The van der Waals surface area contributed by atoms with Crippen molar-refractivity contribution in [1.29, 1.82) is 0 Å². The lowest BCUT2D eigenvalue weighted by atomic mass is 10.1. The number of carboxylic acid groups (broad SMARTS) is 1. The van der Waals surface area contributed by atoms with Crippen molar-refractivity contribution in [2.75, 3.05) is 29.9 Å². The van der Waals surface area contributed by atoms with Gasteiger partial charge in [-0.3, -0.25) is 4.79 Å². The number of halogens is 1. The maximum atomic E-state index is 15.3. The molecular formula is C22H22FN5O4. The summed E-state index contributed by atoms with van der Waals surface area (Å²) in [5.41, 5.74) is 0.575. The highest BCUT2D eigenvalue weighted by atomic mass is 19.1. The van der Waals surface area contributed by atoms with Crippen molar-refractivity contribution >= 4 is 28.5 Å². The van der Waals surface area contributed by atoms with E-state index in [0.717, 1.165) is 18.1 Å². The van der Waals surface area contributed by atoms with E-state index in [-0.39, 0.29) is 41.1 Å². The lowest BCUT2D eigenvalue weighted by Gasteiger charge is -2.31. The second-order valence-corrected chi connectivity index (χ2v) is 8.34. The average molecular weight is 439 g/mol. The predicted molar refractivity (Wildman–Crippen MR) is 116 cm³/mol. The molecule has 1 aromatic carbocycles. The molecule has 10 heteroatoms. The minimum absolute atomic E-state index is 0.00891. The van der Waals surface area contributed by atoms with Gasteiger partial charge >= 0.3 is 5.97 Å². The predicted octanol–water partition coefficient (Wildman–Crippen LogP) is 2.58. The largest absolute Gasteiger partial charge is 0.487 e. The van der Waals surface area contributed by atoms with E-state index in [4.69, 9.17) is 4.74 Å². The number of nitrogens with zero attached hydrogens (tertiary/aromatic N) is 4. The molecule has 2 atom stereocenters. The average Bonchev–Trinajstić information content (AvgIpc) is 3.21. The summed E-state index contributed by atoms with van der Waals surface area (Å²) in [7, 11) is 0. The lowest BCUT2D eigenvalue weighted by molar-refractivity contribution is 0.0694. The van der Waals surface area contributed by atoms with Gasteiger partial charge in [0, 0.05) is 37.7 Å². The molecule has 1 saturated heterocycles. The van der Waals surface area contributed by atoms with Gasteiger partial charge in [0.25, 0.3) is 0 Å². The van der Waals surface area contributed by atoms with Crippen LogP contribution in [0.15, 0.2) is 29.5 Å². The SMILES string of the molecule is Cc1cnc(NC2CCN(c3c(F)cc4c(=O)c(C(=O)O)cn5c4c3OC[C@@H]5C)C2)nc1. The highest BCUT2D eigenvalue weighted by Crippen LogP contribution is 2.42. The summed E-state index contributed by atoms with van der Waals surface area (Å²) in [5, 5.41) is 12.7. The Morgan fingerprint density at radius 2 is 2.09 bits per heavy atom. The third-order valence-electron chi connectivity index (χ3n) is 5.99. The van der Waals surface area contributed by atoms with E-state index >= 15 is 4.39 Å².